The summed E-state index contributed by atoms with van der Waals surface area (Å²) in [4.78, 5) is 40.2. The molecule has 0 radical (unpaired) electrons. The number of amides is 3. The molecule has 3 amide bonds. The number of primary amides is 1. The molecular weight excluding hydrogens is 601 g/mol. The molecule has 1 heterocycles. The first-order valence-electron chi connectivity index (χ1n) is 13.5. The number of hydrogen-bond acceptors (Lipinski definition) is 4. The summed E-state index contributed by atoms with van der Waals surface area (Å²) in [7, 11) is 0. The van der Waals surface area contributed by atoms with Crippen molar-refractivity contribution in [3.63, 3.8) is 0 Å². The Labute approximate surface area is 264 Å². The predicted molar refractivity (Wildman–Crippen MR) is 173 cm³/mol. The molecule has 1 saturated heterocycles. The number of thioether (sulfide) groups is 1. The largest absolute Gasteiger partial charge is 0.366 e. The number of halogens is 2. The van der Waals surface area contributed by atoms with Gasteiger partial charge in [-0.1, -0.05) is 77.5 Å². The average Bonchev–Trinajstić information content (AvgIpc) is 3.33. The maximum absolute atomic E-state index is 13.8. The Morgan fingerprint density at radius 1 is 0.860 bits per heavy atom. The van der Waals surface area contributed by atoms with Crippen molar-refractivity contribution in [3.05, 3.63) is 135 Å². The second-order valence-electron chi connectivity index (χ2n) is 9.89. The number of carbonyl (C=O) groups is 3. The molecule has 6 nitrogen and oxygen atoms in total. The Morgan fingerprint density at radius 3 is 2.28 bits per heavy atom. The summed E-state index contributed by atoms with van der Waals surface area (Å²) in [5.74, 6) is 5.28. The highest BCUT2D eigenvalue weighted by Gasteiger charge is 2.42. The van der Waals surface area contributed by atoms with Crippen LogP contribution in [0.5, 0.6) is 0 Å². The van der Waals surface area contributed by atoms with E-state index in [1.807, 2.05) is 60.7 Å². The lowest BCUT2D eigenvalue weighted by atomic mass is 10.1. The minimum atomic E-state index is -0.621. The lowest BCUT2D eigenvalue weighted by Crippen LogP contribution is -2.34. The van der Waals surface area contributed by atoms with Crippen LogP contribution in [-0.4, -0.2) is 29.5 Å². The summed E-state index contributed by atoms with van der Waals surface area (Å²) in [6.45, 7) is 0.391. The van der Waals surface area contributed by atoms with Crippen LogP contribution >= 0.6 is 35.0 Å². The van der Waals surface area contributed by atoms with Gasteiger partial charge in [0.2, 0.25) is 17.7 Å². The normalized spacial score (nSPS) is 16.0. The van der Waals surface area contributed by atoms with E-state index in [0.29, 0.717) is 34.3 Å². The molecule has 1 aliphatic heterocycles. The maximum atomic E-state index is 13.8. The van der Waals surface area contributed by atoms with E-state index in [-0.39, 0.29) is 18.2 Å². The lowest BCUT2D eigenvalue weighted by Gasteiger charge is -2.24. The molecular formula is C34H27Cl2N3O3S. The fourth-order valence-electron chi connectivity index (χ4n) is 4.66. The van der Waals surface area contributed by atoms with Crippen LogP contribution in [-0.2, 0) is 16.0 Å². The van der Waals surface area contributed by atoms with Gasteiger partial charge in [-0.2, -0.15) is 0 Å². The fourth-order valence-corrected chi connectivity index (χ4v) is 6.43. The number of anilines is 1. The topological polar surface area (TPSA) is 92.5 Å². The van der Waals surface area contributed by atoms with Crippen molar-refractivity contribution < 1.29 is 14.4 Å². The molecule has 2 unspecified atom stereocenters. The molecule has 3 N–H and O–H groups in total. The number of rotatable bonds is 8. The quantitative estimate of drug-likeness (QED) is 0.221. The summed E-state index contributed by atoms with van der Waals surface area (Å²) in [6, 6.07) is 29.4. The van der Waals surface area contributed by atoms with Crippen LogP contribution in [0, 0.1) is 11.8 Å². The Balaban J connectivity index is 1.32. The zero-order chi connectivity index (χ0) is 30.3. The van der Waals surface area contributed by atoms with Crippen LogP contribution < -0.4 is 16.0 Å². The molecule has 43 heavy (non-hydrogen) atoms. The minimum Gasteiger partial charge on any atom is -0.366 e. The van der Waals surface area contributed by atoms with Gasteiger partial charge in [-0.05, 0) is 72.1 Å². The van der Waals surface area contributed by atoms with Crippen LogP contribution in [0.4, 0.5) is 5.69 Å². The highest BCUT2D eigenvalue weighted by molar-refractivity contribution is 8.01. The molecule has 9 heteroatoms. The van der Waals surface area contributed by atoms with Gasteiger partial charge in [-0.25, -0.2) is 0 Å². The predicted octanol–water partition coefficient (Wildman–Crippen LogP) is 6.39. The van der Waals surface area contributed by atoms with Crippen molar-refractivity contribution in [2.45, 2.75) is 23.5 Å². The van der Waals surface area contributed by atoms with E-state index in [0.717, 1.165) is 22.3 Å². The van der Waals surface area contributed by atoms with Crippen molar-refractivity contribution in [3.8, 4) is 11.8 Å². The number of hydrogen-bond donors (Lipinski definition) is 2. The number of nitrogens with zero attached hydrogens (tertiary/aromatic N) is 1. The van der Waals surface area contributed by atoms with E-state index in [1.165, 1.54) is 11.8 Å². The van der Waals surface area contributed by atoms with Gasteiger partial charge in [-0.3, -0.25) is 19.3 Å². The molecule has 0 spiro atoms. The SMILES string of the molecule is NC(=O)c1cccc(N2C(=O)C(CC(=O)NCCc3ccc(Cl)c(Cl)c3)SC2c2ccc(C#Cc3ccccc3)cc2)c1. The molecule has 216 valence electrons. The first kappa shape index (κ1) is 30.2. The number of nitrogens with one attached hydrogen (secondary N) is 1. The Morgan fingerprint density at radius 2 is 1.58 bits per heavy atom. The number of benzene rings is 4. The standard InChI is InChI=1S/C34H27Cl2N3O3S/c35-28-16-13-24(19-29(28)36)17-18-38-31(40)21-30-33(42)39(27-8-4-7-26(20-27)32(37)41)34(43-30)25-14-11-23(12-15-25)10-9-22-5-2-1-3-6-22/h1-8,11-16,19-20,30,34H,17-18,21H2,(H2,37,41)(H,38,40). The minimum absolute atomic E-state index is 0.00796. The summed E-state index contributed by atoms with van der Waals surface area (Å²) in [6.07, 6.45) is 0.580. The fraction of sp³-hybridized carbons (Fsp3) is 0.147. The number of carbonyl (C=O) groups excluding carboxylic acids is 3. The molecule has 1 fully saturated rings. The van der Waals surface area contributed by atoms with E-state index < -0.39 is 16.5 Å². The Hall–Kier alpha value is -4.22. The molecule has 2 atom stereocenters. The summed E-state index contributed by atoms with van der Waals surface area (Å²) in [5.41, 5.74) is 9.92. The lowest BCUT2D eigenvalue weighted by molar-refractivity contribution is -0.124. The molecule has 5 rings (SSSR count). The van der Waals surface area contributed by atoms with Gasteiger partial charge >= 0.3 is 0 Å². The average molecular weight is 629 g/mol. The van der Waals surface area contributed by atoms with E-state index >= 15 is 0 Å². The summed E-state index contributed by atoms with van der Waals surface area (Å²) < 4.78 is 0. The smallest absolute Gasteiger partial charge is 0.248 e. The van der Waals surface area contributed by atoms with E-state index in [9.17, 15) is 14.4 Å². The van der Waals surface area contributed by atoms with Crippen LogP contribution in [0.1, 0.15) is 44.4 Å². The van der Waals surface area contributed by atoms with Crippen molar-refractivity contribution in [1.29, 1.82) is 0 Å². The van der Waals surface area contributed by atoms with Gasteiger partial charge in [0.25, 0.3) is 0 Å². The van der Waals surface area contributed by atoms with Crippen molar-refractivity contribution >= 4 is 58.4 Å². The van der Waals surface area contributed by atoms with E-state index in [2.05, 4.69) is 17.2 Å². The highest BCUT2D eigenvalue weighted by atomic mass is 35.5. The second-order valence-corrected chi connectivity index (χ2v) is 12.0. The van der Waals surface area contributed by atoms with Gasteiger partial charge in [0, 0.05) is 35.3 Å². The van der Waals surface area contributed by atoms with E-state index in [4.69, 9.17) is 28.9 Å². The number of nitrogens with two attached hydrogens (primary N) is 1. The molecule has 0 aliphatic carbocycles. The molecule has 4 aromatic rings. The van der Waals surface area contributed by atoms with Crippen molar-refractivity contribution in [2.75, 3.05) is 11.4 Å². The van der Waals surface area contributed by atoms with Crippen LogP contribution in [0.2, 0.25) is 10.0 Å². The van der Waals surface area contributed by atoms with Crippen molar-refractivity contribution in [1.82, 2.24) is 5.32 Å². The van der Waals surface area contributed by atoms with Gasteiger partial charge in [-0.15, -0.1) is 11.8 Å². The zero-order valence-corrected chi connectivity index (χ0v) is 25.3. The van der Waals surface area contributed by atoms with Gasteiger partial charge < -0.3 is 11.1 Å². The molecule has 0 bridgehead atoms. The monoisotopic (exact) mass is 627 g/mol. The molecule has 4 aromatic carbocycles. The van der Waals surface area contributed by atoms with Gasteiger partial charge in [0.05, 0.1) is 15.3 Å². The highest BCUT2D eigenvalue weighted by Crippen LogP contribution is 2.46. The maximum Gasteiger partial charge on any atom is 0.248 e. The van der Waals surface area contributed by atoms with Gasteiger partial charge in [0.1, 0.15) is 5.37 Å². The van der Waals surface area contributed by atoms with Crippen LogP contribution in [0.3, 0.4) is 0 Å². The van der Waals surface area contributed by atoms with E-state index in [1.54, 1.807) is 41.3 Å². The zero-order valence-electron chi connectivity index (χ0n) is 22.9. The Kier molecular flexibility index (Phi) is 9.73. The summed E-state index contributed by atoms with van der Waals surface area (Å²) >= 11 is 13.5. The molecule has 0 aromatic heterocycles. The second kappa shape index (κ2) is 13.8. The third kappa shape index (κ3) is 7.60. The molecule has 1 aliphatic rings. The van der Waals surface area contributed by atoms with Gasteiger partial charge in [0.15, 0.2) is 0 Å². The third-order valence-corrected chi connectivity index (χ3v) is 9.04. The first-order valence-corrected chi connectivity index (χ1v) is 15.2. The Bertz CT molecular complexity index is 1720. The molecule has 0 saturated carbocycles. The third-order valence-electron chi connectivity index (χ3n) is 6.86. The van der Waals surface area contributed by atoms with Crippen molar-refractivity contribution in [2.24, 2.45) is 5.73 Å². The summed E-state index contributed by atoms with van der Waals surface area (Å²) in [5, 5.41) is 2.80. The first-order chi connectivity index (χ1) is 20.8. The van der Waals surface area contributed by atoms with Crippen LogP contribution in [0.25, 0.3) is 0 Å². The van der Waals surface area contributed by atoms with Crippen LogP contribution in [0.15, 0.2) is 97.1 Å².